The fraction of sp³-hybridized carbons (Fsp3) is 0.967. The summed E-state index contributed by atoms with van der Waals surface area (Å²) in [4.78, 5) is 11.0. The van der Waals surface area contributed by atoms with Crippen LogP contribution in [0.5, 0.6) is 0 Å². The molecule has 192 valence electrons. The maximum absolute atomic E-state index is 11.0. The van der Waals surface area contributed by atoms with E-state index >= 15 is 0 Å². The Hall–Kier alpha value is -0.370. The van der Waals surface area contributed by atoms with Crippen molar-refractivity contribution in [1.82, 2.24) is 0 Å². The van der Waals surface area contributed by atoms with Gasteiger partial charge in [-0.25, -0.2) is 0 Å². The number of rotatable bonds is 28. The summed E-state index contributed by atoms with van der Waals surface area (Å²) in [5, 5.41) is 8.68. The molecule has 0 aliphatic heterocycles. The number of aliphatic hydroxyl groups excluding tert-OH is 1. The first-order valence-electron chi connectivity index (χ1n) is 14.9. The zero-order valence-electron chi connectivity index (χ0n) is 22.2. The Morgan fingerprint density at radius 3 is 0.844 bits per heavy atom. The molecular formula is C30H60O2. The Morgan fingerprint density at radius 2 is 0.625 bits per heavy atom. The molecule has 0 atom stereocenters. The standard InChI is InChI=1S/C30H60O2/c1-2-3-4-5-6-7-8-9-10-11-12-13-14-15-16-17-18-19-20-21-22-23-24-25-26-27-28-30(32)29-31/h31H,2-29H2,1H3. The molecule has 0 aromatic heterocycles. The van der Waals surface area contributed by atoms with Gasteiger partial charge in [0.05, 0.1) is 0 Å². The lowest BCUT2D eigenvalue weighted by atomic mass is 10.0. The van der Waals surface area contributed by atoms with Gasteiger partial charge in [-0.05, 0) is 6.42 Å². The zero-order valence-corrected chi connectivity index (χ0v) is 22.2. The first-order valence-corrected chi connectivity index (χ1v) is 14.9. The predicted octanol–water partition coefficient (Wildman–Crippen LogP) is 10.1. The number of carbonyl (C=O) groups excluding carboxylic acids is 1. The minimum Gasteiger partial charge on any atom is -0.389 e. The van der Waals surface area contributed by atoms with Crippen molar-refractivity contribution in [3.8, 4) is 0 Å². The SMILES string of the molecule is CCCCCCCCCCCCCCCCCCCCCCCCCCCCC(=O)CO. The molecule has 2 heteroatoms. The highest BCUT2D eigenvalue weighted by molar-refractivity contribution is 5.79. The van der Waals surface area contributed by atoms with Gasteiger partial charge < -0.3 is 5.11 Å². The van der Waals surface area contributed by atoms with Gasteiger partial charge in [0.25, 0.3) is 0 Å². The van der Waals surface area contributed by atoms with Gasteiger partial charge in [0.2, 0.25) is 0 Å². The minimum absolute atomic E-state index is 0.00524. The fourth-order valence-electron chi connectivity index (χ4n) is 4.72. The Labute approximate surface area is 202 Å². The van der Waals surface area contributed by atoms with Crippen molar-refractivity contribution in [2.45, 2.75) is 180 Å². The molecule has 0 saturated heterocycles. The molecule has 0 bridgehead atoms. The van der Waals surface area contributed by atoms with Crippen LogP contribution in [0.25, 0.3) is 0 Å². The minimum atomic E-state index is -0.278. The molecule has 0 fully saturated rings. The maximum atomic E-state index is 11.0. The summed E-state index contributed by atoms with van der Waals surface area (Å²) >= 11 is 0. The lowest BCUT2D eigenvalue weighted by Crippen LogP contribution is -2.02. The molecule has 0 rings (SSSR count). The highest BCUT2D eigenvalue weighted by Crippen LogP contribution is 2.16. The third-order valence-electron chi connectivity index (χ3n) is 6.99. The summed E-state index contributed by atoms with van der Waals surface area (Å²) < 4.78 is 0. The normalized spacial score (nSPS) is 11.3. The van der Waals surface area contributed by atoms with Crippen LogP contribution in [0.1, 0.15) is 180 Å². The molecule has 0 saturated carbocycles. The number of hydrogen-bond donors (Lipinski definition) is 1. The first-order chi connectivity index (χ1) is 15.8. The van der Waals surface area contributed by atoms with Gasteiger partial charge in [-0.1, -0.05) is 167 Å². The summed E-state index contributed by atoms with van der Waals surface area (Å²) in [7, 11) is 0. The monoisotopic (exact) mass is 452 g/mol. The van der Waals surface area contributed by atoms with E-state index in [2.05, 4.69) is 6.92 Å². The second kappa shape index (κ2) is 28.7. The van der Waals surface area contributed by atoms with Crippen LogP contribution < -0.4 is 0 Å². The molecule has 0 spiro atoms. The summed E-state index contributed by atoms with van der Waals surface area (Å²) in [6, 6.07) is 0. The summed E-state index contributed by atoms with van der Waals surface area (Å²) in [6.45, 7) is 2.02. The van der Waals surface area contributed by atoms with Crippen LogP contribution in [0.4, 0.5) is 0 Å². The van der Waals surface area contributed by atoms with Gasteiger partial charge in [0.15, 0.2) is 5.78 Å². The number of unbranched alkanes of at least 4 members (excludes halogenated alkanes) is 25. The zero-order chi connectivity index (χ0) is 23.4. The third kappa shape index (κ3) is 27.7. The summed E-state index contributed by atoms with van der Waals surface area (Å²) in [5.41, 5.74) is 0. The highest BCUT2D eigenvalue weighted by atomic mass is 16.3. The van der Waals surface area contributed by atoms with Crippen molar-refractivity contribution in [2.24, 2.45) is 0 Å². The average Bonchev–Trinajstić information content (AvgIpc) is 2.81. The molecule has 0 aromatic carbocycles. The number of ketones is 1. The summed E-state index contributed by atoms with van der Waals surface area (Å²) in [6.07, 6.45) is 37.0. The molecule has 0 aliphatic rings. The molecule has 0 aliphatic carbocycles. The van der Waals surface area contributed by atoms with E-state index in [4.69, 9.17) is 5.11 Å². The molecule has 0 unspecified atom stereocenters. The molecule has 0 amide bonds. The van der Waals surface area contributed by atoms with Crippen molar-refractivity contribution in [2.75, 3.05) is 6.61 Å². The first kappa shape index (κ1) is 31.6. The van der Waals surface area contributed by atoms with Crippen LogP contribution in [0.15, 0.2) is 0 Å². The third-order valence-corrected chi connectivity index (χ3v) is 6.99. The number of Topliss-reactive ketones (excluding diaryl/α,β-unsaturated/α-hetero) is 1. The quantitative estimate of drug-likeness (QED) is 0.120. The predicted molar refractivity (Wildman–Crippen MR) is 142 cm³/mol. The lowest BCUT2D eigenvalue weighted by molar-refractivity contribution is -0.121. The van der Waals surface area contributed by atoms with Crippen LogP contribution in [0, 0.1) is 0 Å². The lowest BCUT2D eigenvalue weighted by Gasteiger charge is -2.04. The van der Waals surface area contributed by atoms with Crippen LogP contribution >= 0.6 is 0 Å². The van der Waals surface area contributed by atoms with E-state index in [1.807, 2.05) is 0 Å². The number of aliphatic hydroxyl groups is 1. The Bertz CT molecular complexity index is 353. The van der Waals surface area contributed by atoms with Gasteiger partial charge in [0.1, 0.15) is 6.61 Å². The van der Waals surface area contributed by atoms with E-state index in [0.717, 1.165) is 12.8 Å². The van der Waals surface area contributed by atoms with Crippen molar-refractivity contribution in [3.05, 3.63) is 0 Å². The van der Waals surface area contributed by atoms with Gasteiger partial charge in [-0.15, -0.1) is 0 Å². The number of hydrogen-bond acceptors (Lipinski definition) is 2. The second-order valence-electron chi connectivity index (χ2n) is 10.3. The molecule has 0 heterocycles. The van der Waals surface area contributed by atoms with Crippen LogP contribution in [-0.4, -0.2) is 17.5 Å². The molecular weight excluding hydrogens is 392 g/mol. The van der Waals surface area contributed by atoms with Crippen molar-refractivity contribution < 1.29 is 9.90 Å². The van der Waals surface area contributed by atoms with E-state index < -0.39 is 0 Å². The Kier molecular flexibility index (Phi) is 28.3. The topological polar surface area (TPSA) is 37.3 Å². The van der Waals surface area contributed by atoms with E-state index in [1.165, 1.54) is 154 Å². The van der Waals surface area contributed by atoms with Crippen LogP contribution in [-0.2, 0) is 4.79 Å². The van der Waals surface area contributed by atoms with E-state index in [-0.39, 0.29) is 12.4 Å². The van der Waals surface area contributed by atoms with E-state index in [9.17, 15) is 4.79 Å². The van der Waals surface area contributed by atoms with Gasteiger partial charge >= 0.3 is 0 Å². The van der Waals surface area contributed by atoms with E-state index in [0.29, 0.717) is 6.42 Å². The fourth-order valence-corrected chi connectivity index (χ4v) is 4.72. The largest absolute Gasteiger partial charge is 0.389 e. The number of carbonyl (C=O) groups is 1. The highest BCUT2D eigenvalue weighted by Gasteiger charge is 1.99. The van der Waals surface area contributed by atoms with Gasteiger partial charge in [0, 0.05) is 6.42 Å². The summed E-state index contributed by atoms with van der Waals surface area (Å²) in [5.74, 6) is -0.00524. The molecule has 0 radical (unpaired) electrons. The van der Waals surface area contributed by atoms with Crippen molar-refractivity contribution in [3.63, 3.8) is 0 Å². The maximum Gasteiger partial charge on any atom is 0.158 e. The average molecular weight is 453 g/mol. The molecule has 1 N–H and O–H groups in total. The molecule has 2 nitrogen and oxygen atoms in total. The van der Waals surface area contributed by atoms with Crippen LogP contribution in [0.3, 0.4) is 0 Å². The van der Waals surface area contributed by atoms with Gasteiger partial charge in [-0.3, -0.25) is 4.79 Å². The molecule has 0 aromatic rings. The molecule has 32 heavy (non-hydrogen) atoms. The van der Waals surface area contributed by atoms with Gasteiger partial charge in [-0.2, -0.15) is 0 Å². The smallest absolute Gasteiger partial charge is 0.158 e. The van der Waals surface area contributed by atoms with Crippen molar-refractivity contribution in [1.29, 1.82) is 0 Å². The second-order valence-corrected chi connectivity index (χ2v) is 10.3. The Balaban J connectivity index is 3.02. The van der Waals surface area contributed by atoms with E-state index in [1.54, 1.807) is 0 Å². The van der Waals surface area contributed by atoms with Crippen molar-refractivity contribution >= 4 is 5.78 Å². The van der Waals surface area contributed by atoms with Crippen LogP contribution in [0.2, 0.25) is 0 Å². The Morgan fingerprint density at radius 1 is 0.406 bits per heavy atom.